The van der Waals surface area contributed by atoms with Gasteiger partial charge in [-0.3, -0.25) is 14.0 Å². The highest BCUT2D eigenvalue weighted by Crippen LogP contribution is 2.21. The summed E-state index contributed by atoms with van der Waals surface area (Å²) in [6, 6.07) is 11.2. The first kappa shape index (κ1) is 17.6. The zero-order chi connectivity index (χ0) is 18.7. The summed E-state index contributed by atoms with van der Waals surface area (Å²) in [5.41, 5.74) is 7.50. The Balaban J connectivity index is 2.17. The van der Waals surface area contributed by atoms with E-state index in [1.54, 1.807) is 6.07 Å². The Morgan fingerprint density at radius 3 is 2.50 bits per heavy atom. The molecule has 7 nitrogen and oxygen atoms in total. The summed E-state index contributed by atoms with van der Waals surface area (Å²) in [6.07, 6.45) is 3.07. The number of imidazole rings is 1. The van der Waals surface area contributed by atoms with E-state index < -0.39 is 5.91 Å². The third-order valence-electron chi connectivity index (χ3n) is 4.36. The van der Waals surface area contributed by atoms with Crippen molar-refractivity contribution in [3.05, 3.63) is 54.1 Å². The molecule has 0 unspecified atom stereocenters. The van der Waals surface area contributed by atoms with Crippen molar-refractivity contribution < 1.29 is 9.59 Å². The van der Waals surface area contributed by atoms with Crippen LogP contribution in [0.3, 0.4) is 0 Å². The lowest BCUT2D eigenvalue weighted by molar-refractivity contribution is 0.0927. The minimum atomic E-state index is -0.684. The van der Waals surface area contributed by atoms with Crippen molar-refractivity contribution in [1.29, 1.82) is 0 Å². The van der Waals surface area contributed by atoms with Crippen molar-refractivity contribution in [3.63, 3.8) is 0 Å². The molecule has 0 aliphatic rings. The maximum Gasteiger partial charge on any atom is 0.271 e. The summed E-state index contributed by atoms with van der Waals surface area (Å²) in [7, 11) is 0. The monoisotopic (exact) mass is 351 g/mol. The second kappa shape index (κ2) is 7.35. The molecule has 134 valence electrons. The molecule has 0 aliphatic heterocycles. The maximum absolute atomic E-state index is 12.8. The normalized spacial score (nSPS) is 11.0. The highest BCUT2D eigenvalue weighted by atomic mass is 16.2. The van der Waals surface area contributed by atoms with Crippen molar-refractivity contribution in [3.8, 4) is 11.3 Å². The summed E-state index contributed by atoms with van der Waals surface area (Å²) in [5.74, 6) is -0.923. The quantitative estimate of drug-likeness (QED) is 0.712. The maximum atomic E-state index is 12.8. The van der Waals surface area contributed by atoms with E-state index in [2.05, 4.69) is 15.3 Å². The lowest BCUT2D eigenvalue weighted by atomic mass is 10.1. The van der Waals surface area contributed by atoms with Crippen LogP contribution in [0.25, 0.3) is 16.9 Å². The number of aromatic nitrogens is 3. The summed E-state index contributed by atoms with van der Waals surface area (Å²) < 4.78 is 1.50. The van der Waals surface area contributed by atoms with Crippen LogP contribution in [-0.2, 0) is 0 Å². The molecule has 0 atom stereocenters. The molecule has 3 aromatic rings. The molecule has 0 bridgehead atoms. The topological polar surface area (TPSA) is 102 Å². The molecule has 2 amide bonds. The van der Waals surface area contributed by atoms with E-state index in [-0.39, 0.29) is 23.3 Å². The number of nitrogens with one attached hydrogen (secondary N) is 1. The number of carbonyl (C=O) groups is 2. The lowest BCUT2D eigenvalue weighted by Gasteiger charge is -2.16. The van der Waals surface area contributed by atoms with Crippen molar-refractivity contribution in [1.82, 2.24) is 19.7 Å². The predicted molar refractivity (Wildman–Crippen MR) is 98.8 cm³/mol. The van der Waals surface area contributed by atoms with Crippen LogP contribution in [0.1, 0.15) is 47.7 Å². The molecule has 0 saturated carbocycles. The van der Waals surface area contributed by atoms with Crippen LogP contribution in [0.15, 0.2) is 42.7 Å². The van der Waals surface area contributed by atoms with E-state index in [9.17, 15) is 9.59 Å². The Hall–Kier alpha value is -3.22. The van der Waals surface area contributed by atoms with Gasteiger partial charge < -0.3 is 11.1 Å². The molecule has 2 heterocycles. The van der Waals surface area contributed by atoms with Crippen LogP contribution < -0.4 is 11.1 Å². The van der Waals surface area contributed by atoms with Crippen LogP contribution in [0.2, 0.25) is 0 Å². The van der Waals surface area contributed by atoms with Crippen molar-refractivity contribution >= 4 is 17.5 Å². The fourth-order valence-electron chi connectivity index (χ4n) is 2.83. The first-order valence-electron chi connectivity index (χ1n) is 8.59. The van der Waals surface area contributed by atoms with Gasteiger partial charge in [-0.15, -0.1) is 0 Å². The van der Waals surface area contributed by atoms with Crippen LogP contribution in [-0.4, -0.2) is 32.2 Å². The molecule has 1 aromatic carbocycles. The van der Waals surface area contributed by atoms with Gasteiger partial charge in [-0.05, 0) is 18.9 Å². The molecule has 0 fully saturated rings. The van der Waals surface area contributed by atoms with Gasteiger partial charge in [0.15, 0.2) is 11.3 Å². The average Bonchev–Trinajstić information content (AvgIpc) is 3.10. The van der Waals surface area contributed by atoms with E-state index in [1.165, 1.54) is 10.7 Å². The molecular weight excluding hydrogens is 330 g/mol. The first-order valence-corrected chi connectivity index (χ1v) is 8.59. The number of hydrogen-bond donors (Lipinski definition) is 2. The van der Waals surface area contributed by atoms with Gasteiger partial charge in [0.05, 0.1) is 5.69 Å². The Morgan fingerprint density at radius 1 is 1.19 bits per heavy atom. The van der Waals surface area contributed by atoms with E-state index in [4.69, 9.17) is 5.73 Å². The number of nitrogens with zero attached hydrogens (tertiary/aromatic N) is 3. The van der Waals surface area contributed by atoms with Gasteiger partial charge in [0, 0.05) is 11.6 Å². The number of fused-ring (bicyclic) bond motifs is 1. The van der Waals surface area contributed by atoms with E-state index in [1.807, 2.05) is 44.2 Å². The molecule has 2 aromatic heterocycles. The highest BCUT2D eigenvalue weighted by Gasteiger charge is 2.20. The third-order valence-corrected chi connectivity index (χ3v) is 4.36. The fraction of sp³-hybridized carbons (Fsp3) is 0.263. The van der Waals surface area contributed by atoms with Gasteiger partial charge in [0.25, 0.3) is 11.8 Å². The van der Waals surface area contributed by atoms with Crippen molar-refractivity contribution in [2.75, 3.05) is 0 Å². The molecule has 26 heavy (non-hydrogen) atoms. The molecule has 7 heteroatoms. The fourth-order valence-corrected chi connectivity index (χ4v) is 2.83. The minimum Gasteiger partial charge on any atom is -0.364 e. The molecule has 0 saturated heterocycles. The Bertz CT molecular complexity index is 945. The lowest BCUT2D eigenvalue weighted by Crippen LogP contribution is -2.35. The number of nitrogens with two attached hydrogens (primary N) is 1. The second-order valence-corrected chi connectivity index (χ2v) is 6.03. The largest absolute Gasteiger partial charge is 0.364 e. The number of rotatable bonds is 6. The SMILES string of the molecule is CCC(CC)NC(=O)c1cc(-c2ccccc2)nc2c(C(N)=O)ncn12. The van der Waals surface area contributed by atoms with Crippen LogP contribution in [0, 0.1) is 0 Å². The minimum absolute atomic E-state index is 0.0411. The van der Waals surface area contributed by atoms with E-state index in [0.717, 1.165) is 18.4 Å². The number of hydrogen-bond acceptors (Lipinski definition) is 4. The molecule has 0 radical (unpaired) electrons. The summed E-state index contributed by atoms with van der Waals surface area (Å²) in [4.78, 5) is 33.1. The van der Waals surface area contributed by atoms with Crippen LogP contribution in [0.4, 0.5) is 0 Å². The Kier molecular flexibility index (Phi) is 4.97. The van der Waals surface area contributed by atoms with Gasteiger partial charge in [-0.2, -0.15) is 0 Å². The predicted octanol–water partition coefficient (Wildman–Crippen LogP) is 2.41. The Labute approximate surface area is 151 Å². The zero-order valence-corrected chi connectivity index (χ0v) is 14.8. The van der Waals surface area contributed by atoms with Gasteiger partial charge >= 0.3 is 0 Å². The highest BCUT2D eigenvalue weighted by molar-refractivity contribution is 5.99. The van der Waals surface area contributed by atoms with E-state index >= 15 is 0 Å². The standard InChI is InChI=1S/C19H21N5O2/c1-3-13(4-2)22-19(26)15-10-14(12-8-6-5-7-9-12)23-18-16(17(20)25)21-11-24(15)18/h5-11,13H,3-4H2,1-2H3,(H2,20,25)(H,22,26). The number of carbonyl (C=O) groups excluding carboxylic acids is 2. The van der Waals surface area contributed by atoms with Crippen LogP contribution in [0.5, 0.6) is 0 Å². The summed E-state index contributed by atoms with van der Waals surface area (Å²) in [5, 5.41) is 3.01. The first-order chi connectivity index (χ1) is 12.5. The average molecular weight is 351 g/mol. The van der Waals surface area contributed by atoms with Gasteiger partial charge in [-0.1, -0.05) is 44.2 Å². The second-order valence-electron chi connectivity index (χ2n) is 6.03. The van der Waals surface area contributed by atoms with Gasteiger partial charge in [0.2, 0.25) is 0 Å². The zero-order valence-electron chi connectivity index (χ0n) is 14.8. The summed E-state index contributed by atoms with van der Waals surface area (Å²) >= 11 is 0. The molecule has 3 N–H and O–H groups in total. The van der Waals surface area contributed by atoms with Crippen molar-refractivity contribution in [2.45, 2.75) is 32.7 Å². The number of benzene rings is 1. The molecule has 3 rings (SSSR count). The summed E-state index contributed by atoms with van der Waals surface area (Å²) in [6.45, 7) is 4.04. The number of amides is 2. The molecular formula is C19H21N5O2. The molecule has 0 aliphatic carbocycles. The van der Waals surface area contributed by atoms with Crippen LogP contribution >= 0.6 is 0 Å². The third kappa shape index (κ3) is 3.28. The number of primary amides is 1. The van der Waals surface area contributed by atoms with Gasteiger partial charge in [0.1, 0.15) is 12.0 Å². The van der Waals surface area contributed by atoms with E-state index in [0.29, 0.717) is 11.4 Å². The Morgan fingerprint density at radius 2 is 1.88 bits per heavy atom. The smallest absolute Gasteiger partial charge is 0.271 e. The molecule has 0 spiro atoms. The van der Waals surface area contributed by atoms with Crippen molar-refractivity contribution in [2.24, 2.45) is 5.73 Å². The van der Waals surface area contributed by atoms with Gasteiger partial charge in [-0.25, -0.2) is 9.97 Å².